The topological polar surface area (TPSA) is 56.5 Å². The lowest BCUT2D eigenvalue weighted by molar-refractivity contribution is -0.121. The van der Waals surface area contributed by atoms with Gasteiger partial charge in [-0.05, 0) is 18.9 Å². The van der Waals surface area contributed by atoms with Crippen LogP contribution in [0.25, 0.3) is 11.1 Å². The second-order valence-corrected chi connectivity index (χ2v) is 6.96. The minimum atomic E-state index is -0.247. The summed E-state index contributed by atoms with van der Waals surface area (Å²) in [7, 11) is 0. The Kier molecular flexibility index (Phi) is 4.22. The van der Waals surface area contributed by atoms with Crippen molar-refractivity contribution in [3.8, 4) is 29.2 Å². The van der Waals surface area contributed by atoms with E-state index in [1.165, 1.54) is 4.90 Å². The first-order chi connectivity index (χ1) is 12.5. The third kappa shape index (κ3) is 2.51. The van der Waals surface area contributed by atoms with Crippen LogP contribution in [0.1, 0.15) is 12.8 Å². The molecule has 1 aromatic carbocycles. The molecule has 1 aromatic heterocycles. The molecule has 1 amide bonds. The van der Waals surface area contributed by atoms with Gasteiger partial charge in [0.1, 0.15) is 10.9 Å². The maximum Gasteiger partial charge on any atom is 0.276 e. The fourth-order valence-corrected chi connectivity index (χ4v) is 4.04. The summed E-state index contributed by atoms with van der Waals surface area (Å²) in [4.78, 5) is 26.5. The number of carbonyl (C=O) groups excluding carboxylic acids is 1. The van der Waals surface area contributed by atoms with Crippen molar-refractivity contribution in [2.45, 2.75) is 25.9 Å². The van der Waals surface area contributed by atoms with Gasteiger partial charge in [-0.3, -0.25) is 19.2 Å². The van der Waals surface area contributed by atoms with Gasteiger partial charge in [0.15, 0.2) is 6.61 Å². The minimum absolute atomic E-state index is 0.103. The molecule has 26 heavy (non-hydrogen) atoms. The van der Waals surface area contributed by atoms with Gasteiger partial charge in [0, 0.05) is 24.7 Å². The lowest BCUT2D eigenvalue weighted by Crippen LogP contribution is -2.39. The van der Waals surface area contributed by atoms with Crippen LogP contribution in [0.4, 0.5) is 5.69 Å². The Morgan fingerprint density at radius 2 is 1.88 bits per heavy atom. The molecule has 134 valence electrons. The van der Waals surface area contributed by atoms with Gasteiger partial charge in [-0.2, -0.15) is 0 Å². The smallest absolute Gasteiger partial charge is 0.276 e. The highest BCUT2D eigenvalue weighted by atomic mass is 35.5. The molecule has 4 rings (SSSR count). The van der Waals surface area contributed by atoms with E-state index in [-0.39, 0.29) is 24.6 Å². The van der Waals surface area contributed by atoms with Crippen LogP contribution in [-0.2, 0) is 17.9 Å². The Bertz CT molecular complexity index is 1020. The van der Waals surface area contributed by atoms with E-state index in [9.17, 15) is 9.59 Å². The molecule has 0 fully saturated rings. The van der Waals surface area contributed by atoms with Gasteiger partial charge in [-0.1, -0.05) is 29.1 Å². The fourth-order valence-electron chi connectivity index (χ4n) is 3.43. The molecule has 3 heterocycles. The summed E-state index contributed by atoms with van der Waals surface area (Å²) in [6, 6.07) is 3.25. The van der Waals surface area contributed by atoms with Crippen LogP contribution >= 0.6 is 23.2 Å². The summed E-state index contributed by atoms with van der Waals surface area (Å²) in [6.07, 6.45) is 7.27. The molecule has 0 saturated carbocycles. The maximum atomic E-state index is 12.9. The number of carbonyl (C=O) groups is 1. The summed E-state index contributed by atoms with van der Waals surface area (Å²) in [5.41, 5.74) is 1.10. The van der Waals surface area contributed by atoms with Crippen LogP contribution in [0.3, 0.4) is 0 Å². The third-order valence-electron chi connectivity index (χ3n) is 4.67. The van der Waals surface area contributed by atoms with E-state index in [1.54, 1.807) is 21.5 Å². The first-order valence-corrected chi connectivity index (χ1v) is 8.98. The second-order valence-electron chi connectivity index (χ2n) is 6.20. The highest BCUT2D eigenvalue weighted by Crippen LogP contribution is 2.41. The zero-order valence-corrected chi connectivity index (χ0v) is 15.3. The molecule has 0 saturated heterocycles. The van der Waals surface area contributed by atoms with Crippen LogP contribution in [-0.4, -0.2) is 28.4 Å². The Balaban J connectivity index is 1.92. The average Bonchev–Trinajstić information content (AvgIpc) is 2.89. The molecule has 2 aromatic rings. The van der Waals surface area contributed by atoms with Crippen molar-refractivity contribution in [2.75, 3.05) is 18.1 Å². The molecule has 6 nitrogen and oxygen atoms in total. The van der Waals surface area contributed by atoms with Gasteiger partial charge in [0.05, 0.1) is 22.8 Å². The second kappa shape index (κ2) is 6.42. The van der Waals surface area contributed by atoms with Crippen LogP contribution in [0, 0.1) is 12.3 Å². The van der Waals surface area contributed by atoms with Crippen molar-refractivity contribution >= 4 is 34.8 Å². The van der Waals surface area contributed by atoms with Gasteiger partial charge < -0.3 is 4.74 Å². The predicted molar refractivity (Wildman–Crippen MR) is 100 cm³/mol. The monoisotopic (exact) mass is 391 g/mol. The molecule has 0 aliphatic carbocycles. The Morgan fingerprint density at radius 1 is 1.15 bits per heavy atom. The Morgan fingerprint density at radius 3 is 2.58 bits per heavy atom. The molecular weight excluding hydrogens is 377 g/mol. The van der Waals surface area contributed by atoms with Crippen LogP contribution < -0.4 is 15.2 Å². The SMILES string of the molecule is C#CCN1C(=O)COc2cc(Cl)c(-c3c(Cl)n4n(c3=O)CCCC4)cc21. The van der Waals surface area contributed by atoms with E-state index in [2.05, 4.69) is 5.92 Å². The molecule has 0 atom stereocenters. The number of anilines is 1. The summed E-state index contributed by atoms with van der Waals surface area (Å²) >= 11 is 12.9. The summed E-state index contributed by atoms with van der Waals surface area (Å²) < 4.78 is 8.87. The van der Waals surface area contributed by atoms with Crippen molar-refractivity contribution in [2.24, 2.45) is 0 Å². The number of benzene rings is 1. The van der Waals surface area contributed by atoms with Gasteiger partial charge in [-0.15, -0.1) is 6.42 Å². The number of hydrogen-bond donors (Lipinski definition) is 0. The standard InChI is InChI=1S/C18H15Cl2N3O3/c1-2-5-21-13-8-11(12(19)9-14(13)26-10-15(21)24)16-17(20)22-6-3-4-7-23(22)18(16)25/h1,8-9H,3-7,10H2. The van der Waals surface area contributed by atoms with Gasteiger partial charge in [-0.25, -0.2) is 4.68 Å². The molecule has 0 radical (unpaired) electrons. The van der Waals surface area contributed by atoms with Crippen LogP contribution in [0.15, 0.2) is 16.9 Å². The van der Waals surface area contributed by atoms with Crippen molar-refractivity contribution in [3.63, 3.8) is 0 Å². The largest absolute Gasteiger partial charge is 0.482 e. The number of amides is 1. The summed E-state index contributed by atoms with van der Waals surface area (Å²) in [6.45, 7) is 1.30. The molecule has 8 heteroatoms. The van der Waals surface area contributed by atoms with E-state index in [1.807, 2.05) is 0 Å². The molecular formula is C18H15Cl2N3O3. The average molecular weight is 392 g/mol. The van der Waals surface area contributed by atoms with Gasteiger partial charge in [0.25, 0.3) is 11.5 Å². The highest BCUT2D eigenvalue weighted by Gasteiger charge is 2.29. The number of terminal acetylenes is 1. The molecule has 0 N–H and O–H groups in total. The van der Waals surface area contributed by atoms with E-state index in [0.29, 0.717) is 45.8 Å². The zero-order valence-electron chi connectivity index (χ0n) is 13.8. The number of ether oxygens (including phenoxy) is 1. The molecule has 2 aliphatic heterocycles. The summed E-state index contributed by atoms with van der Waals surface area (Å²) in [5.74, 6) is 2.67. The maximum absolute atomic E-state index is 12.9. The van der Waals surface area contributed by atoms with E-state index < -0.39 is 0 Å². The van der Waals surface area contributed by atoms with Crippen molar-refractivity contribution in [1.29, 1.82) is 0 Å². The molecule has 0 bridgehead atoms. The Labute approximate surface area is 159 Å². The minimum Gasteiger partial charge on any atom is -0.482 e. The van der Waals surface area contributed by atoms with Crippen molar-refractivity contribution < 1.29 is 9.53 Å². The van der Waals surface area contributed by atoms with E-state index in [0.717, 1.165) is 12.8 Å². The normalized spacial score (nSPS) is 15.9. The lowest BCUT2D eigenvalue weighted by Gasteiger charge is -2.28. The van der Waals surface area contributed by atoms with E-state index >= 15 is 0 Å². The quantitative estimate of drug-likeness (QED) is 0.739. The number of nitrogens with zero attached hydrogens (tertiary/aromatic N) is 3. The van der Waals surface area contributed by atoms with E-state index in [4.69, 9.17) is 34.4 Å². The first-order valence-electron chi connectivity index (χ1n) is 8.22. The molecule has 0 unspecified atom stereocenters. The Hall–Kier alpha value is -2.36. The number of fused-ring (bicyclic) bond motifs is 2. The zero-order chi connectivity index (χ0) is 18.4. The van der Waals surface area contributed by atoms with Crippen LogP contribution in [0.5, 0.6) is 5.75 Å². The highest BCUT2D eigenvalue weighted by molar-refractivity contribution is 6.36. The molecule has 2 aliphatic rings. The molecule has 0 spiro atoms. The summed E-state index contributed by atoms with van der Waals surface area (Å²) in [5, 5.41) is 0.685. The van der Waals surface area contributed by atoms with Gasteiger partial charge >= 0.3 is 0 Å². The van der Waals surface area contributed by atoms with Crippen LogP contribution in [0.2, 0.25) is 10.2 Å². The predicted octanol–water partition coefficient (Wildman–Crippen LogP) is 2.78. The lowest BCUT2D eigenvalue weighted by atomic mass is 10.1. The van der Waals surface area contributed by atoms with Gasteiger partial charge in [0.2, 0.25) is 0 Å². The third-order valence-corrected chi connectivity index (χ3v) is 5.37. The number of hydrogen-bond acceptors (Lipinski definition) is 3. The first kappa shape index (κ1) is 17.1. The van der Waals surface area contributed by atoms with Crippen molar-refractivity contribution in [3.05, 3.63) is 32.7 Å². The number of halogens is 2. The van der Waals surface area contributed by atoms with Crippen molar-refractivity contribution in [1.82, 2.24) is 9.36 Å². The number of aromatic nitrogens is 2. The number of rotatable bonds is 2. The fraction of sp³-hybridized carbons (Fsp3) is 0.333.